The molecule has 0 radical (unpaired) electrons. The van der Waals surface area contributed by atoms with Gasteiger partial charge in [-0.2, -0.15) is 0 Å². The standard InChI is InChI=1S/C15H29NO2/c1-14(2,3)13(17)11-16-9-7-12(8-10-16)18-15(4,5)6/h12H,7-11H2,1-6H3. The molecule has 1 aliphatic heterocycles. The highest BCUT2D eigenvalue weighted by molar-refractivity contribution is 5.85. The number of hydrogen-bond acceptors (Lipinski definition) is 3. The SMILES string of the molecule is CC(C)(C)OC1CCN(CC(=O)C(C)(C)C)CC1. The largest absolute Gasteiger partial charge is 0.373 e. The molecular weight excluding hydrogens is 226 g/mol. The molecular formula is C15H29NO2. The predicted octanol–water partition coefficient (Wildman–Crippen LogP) is 2.88. The topological polar surface area (TPSA) is 29.5 Å². The highest BCUT2D eigenvalue weighted by Gasteiger charge is 2.28. The quantitative estimate of drug-likeness (QED) is 0.776. The molecule has 1 heterocycles. The Morgan fingerprint density at radius 3 is 2.00 bits per heavy atom. The normalized spacial score (nSPS) is 20.1. The summed E-state index contributed by atoms with van der Waals surface area (Å²) >= 11 is 0. The summed E-state index contributed by atoms with van der Waals surface area (Å²) in [4.78, 5) is 14.2. The Bertz CT molecular complexity index is 278. The minimum Gasteiger partial charge on any atom is -0.373 e. The first-order chi connectivity index (χ1) is 8.08. The van der Waals surface area contributed by atoms with Crippen LogP contribution < -0.4 is 0 Å². The van der Waals surface area contributed by atoms with Gasteiger partial charge in [0.2, 0.25) is 0 Å². The fraction of sp³-hybridized carbons (Fsp3) is 0.933. The van der Waals surface area contributed by atoms with Crippen LogP contribution in [0, 0.1) is 5.41 Å². The van der Waals surface area contributed by atoms with E-state index in [0.29, 0.717) is 18.4 Å². The summed E-state index contributed by atoms with van der Waals surface area (Å²) in [6.07, 6.45) is 2.43. The van der Waals surface area contributed by atoms with Crippen LogP contribution in [0.3, 0.4) is 0 Å². The molecule has 0 amide bonds. The number of carbonyl (C=O) groups excluding carboxylic acids is 1. The molecule has 0 saturated carbocycles. The van der Waals surface area contributed by atoms with Gasteiger partial charge in [-0.25, -0.2) is 0 Å². The number of nitrogens with zero attached hydrogens (tertiary/aromatic N) is 1. The van der Waals surface area contributed by atoms with Crippen molar-refractivity contribution in [3.05, 3.63) is 0 Å². The third kappa shape index (κ3) is 5.49. The Balaban J connectivity index is 2.34. The molecule has 0 aliphatic carbocycles. The zero-order valence-corrected chi connectivity index (χ0v) is 12.9. The van der Waals surface area contributed by atoms with Crippen LogP contribution in [0.15, 0.2) is 0 Å². The minimum atomic E-state index is -0.223. The van der Waals surface area contributed by atoms with E-state index in [1.54, 1.807) is 0 Å². The van der Waals surface area contributed by atoms with Crippen LogP contribution in [0.5, 0.6) is 0 Å². The molecule has 3 heteroatoms. The molecule has 0 N–H and O–H groups in total. The first kappa shape index (κ1) is 15.6. The predicted molar refractivity (Wildman–Crippen MR) is 74.8 cm³/mol. The number of hydrogen-bond donors (Lipinski definition) is 0. The van der Waals surface area contributed by atoms with Crippen molar-refractivity contribution in [1.82, 2.24) is 4.90 Å². The molecule has 106 valence electrons. The van der Waals surface area contributed by atoms with E-state index in [2.05, 4.69) is 25.7 Å². The van der Waals surface area contributed by atoms with E-state index < -0.39 is 0 Å². The van der Waals surface area contributed by atoms with Crippen molar-refractivity contribution in [3.63, 3.8) is 0 Å². The summed E-state index contributed by atoms with van der Waals surface area (Å²) in [6.45, 7) is 14.8. The average molecular weight is 255 g/mol. The molecule has 0 aromatic rings. The van der Waals surface area contributed by atoms with Crippen LogP contribution in [0.2, 0.25) is 0 Å². The first-order valence-corrected chi connectivity index (χ1v) is 7.01. The van der Waals surface area contributed by atoms with Gasteiger partial charge in [0.1, 0.15) is 0 Å². The summed E-state index contributed by atoms with van der Waals surface area (Å²) in [6, 6.07) is 0. The summed E-state index contributed by atoms with van der Waals surface area (Å²) in [5.41, 5.74) is -0.285. The molecule has 1 rings (SSSR count). The minimum absolute atomic E-state index is 0.0614. The number of Topliss-reactive ketones (excluding diaryl/α,β-unsaturated/α-hetero) is 1. The Hall–Kier alpha value is -0.410. The van der Waals surface area contributed by atoms with E-state index in [1.807, 2.05) is 20.8 Å². The maximum atomic E-state index is 12.0. The van der Waals surface area contributed by atoms with Gasteiger partial charge in [0, 0.05) is 18.5 Å². The van der Waals surface area contributed by atoms with Gasteiger partial charge >= 0.3 is 0 Å². The van der Waals surface area contributed by atoms with Gasteiger partial charge in [-0.15, -0.1) is 0 Å². The highest BCUT2D eigenvalue weighted by atomic mass is 16.5. The number of ether oxygens (including phenoxy) is 1. The van der Waals surface area contributed by atoms with E-state index in [4.69, 9.17) is 4.74 Å². The Kier molecular flexibility index (Phi) is 4.96. The number of carbonyl (C=O) groups is 1. The van der Waals surface area contributed by atoms with Crippen LogP contribution >= 0.6 is 0 Å². The maximum absolute atomic E-state index is 12.0. The summed E-state index contributed by atoms with van der Waals surface area (Å²) in [5.74, 6) is 0.331. The van der Waals surface area contributed by atoms with Crippen molar-refractivity contribution in [2.45, 2.75) is 66.1 Å². The van der Waals surface area contributed by atoms with Crippen molar-refractivity contribution in [3.8, 4) is 0 Å². The summed E-state index contributed by atoms with van der Waals surface area (Å²) < 4.78 is 5.99. The van der Waals surface area contributed by atoms with Gasteiger partial charge < -0.3 is 4.74 Å². The van der Waals surface area contributed by atoms with Crippen LogP contribution in [0.25, 0.3) is 0 Å². The molecule has 0 aromatic heterocycles. The smallest absolute Gasteiger partial charge is 0.152 e. The Morgan fingerprint density at radius 1 is 1.11 bits per heavy atom. The van der Waals surface area contributed by atoms with Gasteiger partial charge in [0.05, 0.1) is 18.2 Å². The molecule has 1 saturated heterocycles. The monoisotopic (exact) mass is 255 g/mol. The van der Waals surface area contributed by atoms with Crippen molar-refractivity contribution < 1.29 is 9.53 Å². The molecule has 3 nitrogen and oxygen atoms in total. The number of rotatable bonds is 3. The average Bonchev–Trinajstić information content (AvgIpc) is 2.17. The number of ketones is 1. The zero-order valence-electron chi connectivity index (χ0n) is 12.9. The second kappa shape index (κ2) is 5.70. The van der Waals surface area contributed by atoms with Crippen LogP contribution in [0.4, 0.5) is 0 Å². The van der Waals surface area contributed by atoms with Gasteiger partial charge in [-0.1, -0.05) is 20.8 Å². The number of piperidine rings is 1. The van der Waals surface area contributed by atoms with Gasteiger partial charge in [0.15, 0.2) is 5.78 Å². The highest BCUT2D eigenvalue weighted by Crippen LogP contribution is 2.21. The van der Waals surface area contributed by atoms with E-state index in [-0.39, 0.29) is 11.0 Å². The van der Waals surface area contributed by atoms with Gasteiger partial charge in [0.25, 0.3) is 0 Å². The fourth-order valence-corrected chi connectivity index (χ4v) is 2.13. The first-order valence-electron chi connectivity index (χ1n) is 7.01. The van der Waals surface area contributed by atoms with Crippen molar-refractivity contribution in [1.29, 1.82) is 0 Å². The molecule has 0 spiro atoms. The molecule has 1 fully saturated rings. The lowest BCUT2D eigenvalue weighted by Crippen LogP contribution is -2.43. The molecule has 0 bridgehead atoms. The van der Waals surface area contributed by atoms with E-state index in [9.17, 15) is 4.79 Å². The Morgan fingerprint density at radius 2 is 1.61 bits per heavy atom. The van der Waals surface area contributed by atoms with E-state index >= 15 is 0 Å². The van der Waals surface area contributed by atoms with Crippen molar-refractivity contribution >= 4 is 5.78 Å². The molecule has 1 aliphatic rings. The van der Waals surface area contributed by atoms with E-state index in [0.717, 1.165) is 25.9 Å². The van der Waals surface area contributed by atoms with Crippen molar-refractivity contribution in [2.24, 2.45) is 5.41 Å². The second-order valence-corrected chi connectivity index (χ2v) is 7.38. The Labute approximate surface area is 112 Å². The number of likely N-dealkylation sites (tertiary alicyclic amines) is 1. The third-order valence-corrected chi connectivity index (χ3v) is 3.26. The zero-order chi connectivity index (χ0) is 14.0. The van der Waals surface area contributed by atoms with Crippen LogP contribution in [-0.2, 0) is 9.53 Å². The summed E-state index contributed by atoms with van der Waals surface area (Å²) in [7, 11) is 0. The van der Waals surface area contributed by atoms with Crippen molar-refractivity contribution in [2.75, 3.05) is 19.6 Å². The fourth-order valence-electron chi connectivity index (χ4n) is 2.13. The third-order valence-electron chi connectivity index (χ3n) is 3.26. The van der Waals surface area contributed by atoms with Crippen LogP contribution in [0.1, 0.15) is 54.4 Å². The van der Waals surface area contributed by atoms with Gasteiger partial charge in [-0.3, -0.25) is 9.69 Å². The lowest BCUT2D eigenvalue weighted by atomic mass is 9.90. The maximum Gasteiger partial charge on any atom is 0.152 e. The lowest BCUT2D eigenvalue weighted by molar-refractivity contribution is -0.129. The molecule has 0 unspecified atom stereocenters. The second-order valence-electron chi connectivity index (χ2n) is 7.38. The summed E-state index contributed by atoms with van der Waals surface area (Å²) in [5, 5.41) is 0. The lowest BCUT2D eigenvalue weighted by Gasteiger charge is -2.36. The molecule has 0 aromatic carbocycles. The molecule has 0 atom stereocenters. The molecule has 18 heavy (non-hydrogen) atoms. The van der Waals surface area contributed by atoms with E-state index in [1.165, 1.54) is 0 Å². The van der Waals surface area contributed by atoms with Crippen LogP contribution in [-0.4, -0.2) is 42.0 Å². The van der Waals surface area contributed by atoms with Gasteiger partial charge in [-0.05, 0) is 33.6 Å².